The second-order valence-corrected chi connectivity index (χ2v) is 6.80. The van der Waals surface area contributed by atoms with Gasteiger partial charge in [-0.15, -0.1) is 0 Å². The van der Waals surface area contributed by atoms with E-state index >= 15 is 0 Å². The Balaban J connectivity index is 1.51. The van der Waals surface area contributed by atoms with Crippen LogP contribution in [0.4, 0.5) is 4.39 Å². The molecule has 2 nitrogen and oxygen atoms in total. The maximum Gasteiger partial charge on any atom is 0.183 e. The fraction of sp³-hybridized carbons (Fsp3) is 0.524. The van der Waals surface area contributed by atoms with Gasteiger partial charge in [-0.25, -0.2) is 4.39 Å². The summed E-state index contributed by atoms with van der Waals surface area (Å²) in [6, 6.07) is 8.47. The second-order valence-electron chi connectivity index (χ2n) is 6.80. The Morgan fingerprint density at radius 2 is 1.83 bits per heavy atom. The Bertz CT molecular complexity index is 568. The van der Waals surface area contributed by atoms with Crippen LogP contribution in [0.5, 0.6) is 0 Å². The van der Waals surface area contributed by atoms with Gasteiger partial charge in [-0.05, 0) is 50.5 Å². The quantitative estimate of drug-likeness (QED) is 0.633. The monoisotopic (exact) mass is 330 g/mol. The first-order valence-corrected chi connectivity index (χ1v) is 9.05. The summed E-state index contributed by atoms with van der Waals surface area (Å²) >= 11 is 0. The molecule has 24 heavy (non-hydrogen) atoms. The number of benzene rings is 1. The number of ether oxygens (including phenoxy) is 2. The van der Waals surface area contributed by atoms with Gasteiger partial charge in [-0.3, -0.25) is 0 Å². The number of hydrogen-bond donors (Lipinski definition) is 0. The highest BCUT2D eigenvalue weighted by molar-refractivity contribution is 5.27. The lowest BCUT2D eigenvalue weighted by atomic mass is 9.87. The molecule has 1 fully saturated rings. The normalized spacial score (nSPS) is 28.1. The molecular weight excluding hydrogens is 303 g/mol. The fourth-order valence-corrected chi connectivity index (χ4v) is 3.43. The molecule has 1 saturated heterocycles. The lowest BCUT2D eigenvalue weighted by molar-refractivity contribution is -0.205. The van der Waals surface area contributed by atoms with Crippen LogP contribution in [0.25, 0.3) is 0 Å². The SMILES string of the molecule is CC=CCCC1COC(c2ccc(C3CC=C(F)CC3)cc2)OC1. The summed E-state index contributed by atoms with van der Waals surface area (Å²) in [5.41, 5.74) is 2.35. The van der Waals surface area contributed by atoms with Crippen molar-refractivity contribution in [1.82, 2.24) is 0 Å². The molecule has 0 bridgehead atoms. The van der Waals surface area contributed by atoms with Gasteiger partial charge < -0.3 is 9.47 Å². The van der Waals surface area contributed by atoms with E-state index in [9.17, 15) is 4.39 Å². The molecule has 0 aromatic heterocycles. The minimum absolute atomic E-state index is 0.0378. The smallest absolute Gasteiger partial charge is 0.183 e. The van der Waals surface area contributed by atoms with Crippen LogP contribution in [0.15, 0.2) is 48.3 Å². The molecule has 0 spiro atoms. The van der Waals surface area contributed by atoms with E-state index in [-0.39, 0.29) is 12.1 Å². The van der Waals surface area contributed by atoms with Crippen LogP contribution in [-0.4, -0.2) is 13.2 Å². The number of hydrogen-bond acceptors (Lipinski definition) is 2. The lowest BCUT2D eigenvalue weighted by Gasteiger charge is -2.29. The standard InChI is InChI=1S/C21H27FO2/c1-2-3-4-5-16-14-23-21(24-15-16)19-8-6-17(7-9-19)18-10-12-20(22)13-11-18/h2-3,6-9,12,16,18,21H,4-5,10-11,13-15H2,1H3. The van der Waals surface area contributed by atoms with Crippen molar-refractivity contribution in [1.29, 1.82) is 0 Å². The molecule has 1 unspecified atom stereocenters. The molecule has 0 saturated carbocycles. The average molecular weight is 330 g/mol. The topological polar surface area (TPSA) is 18.5 Å². The van der Waals surface area contributed by atoms with E-state index in [0.29, 0.717) is 18.3 Å². The van der Waals surface area contributed by atoms with Gasteiger partial charge in [0.15, 0.2) is 6.29 Å². The molecule has 3 heteroatoms. The van der Waals surface area contributed by atoms with Crippen LogP contribution in [0.2, 0.25) is 0 Å². The third kappa shape index (κ3) is 4.55. The molecular formula is C21H27FO2. The van der Waals surface area contributed by atoms with Gasteiger partial charge in [0.05, 0.1) is 19.0 Å². The molecule has 1 aromatic carbocycles. The van der Waals surface area contributed by atoms with Crippen LogP contribution in [0.3, 0.4) is 0 Å². The molecule has 0 radical (unpaired) electrons. The maximum atomic E-state index is 13.1. The van der Waals surface area contributed by atoms with Crippen molar-refractivity contribution < 1.29 is 13.9 Å². The second kappa shape index (κ2) is 8.59. The Kier molecular flexibility index (Phi) is 6.22. The third-order valence-corrected chi connectivity index (χ3v) is 4.98. The zero-order valence-electron chi connectivity index (χ0n) is 14.4. The first kappa shape index (κ1) is 17.4. The number of halogens is 1. The summed E-state index contributed by atoms with van der Waals surface area (Å²) in [6.07, 6.45) is 10.2. The maximum absolute atomic E-state index is 13.1. The zero-order valence-corrected chi connectivity index (χ0v) is 14.4. The minimum atomic E-state index is -0.249. The van der Waals surface area contributed by atoms with Gasteiger partial charge in [0.2, 0.25) is 0 Å². The molecule has 1 atom stereocenters. The lowest BCUT2D eigenvalue weighted by Crippen LogP contribution is -2.27. The highest BCUT2D eigenvalue weighted by Crippen LogP contribution is 2.34. The van der Waals surface area contributed by atoms with Crippen molar-refractivity contribution >= 4 is 0 Å². The van der Waals surface area contributed by atoms with Crippen LogP contribution in [0, 0.1) is 5.92 Å². The minimum Gasteiger partial charge on any atom is -0.348 e. The Labute approximate surface area is 144 Å². The molecule has 0 N–H and O–H groups in total. The predicted molar refractivity (Wildman–Crippen MR) is 94.4 cm³/mol. The third-order valence-electron chi connectivity index (χ3n) is 4.98. The van der Waals surface area contributed by atoms with E-state index in [1.807, 2.05) is 6.92 Å². The first-order valence-electron chi connectivity index (χ1n) is 9.05. The molecule has 0 amide bonds. The molecule has 1 aliphatic carbocycles. The first-order chi connectivity index (χ1) is 11.8. The van der Waals surface area contributed by atoms with Crippen molar-refractivity contribution in [2.24, 2.45) is 5.92 Å². The molecule has 3 rings (SSSR count). The molecule has 1 aliphatic heterocycles. The van der Waals surface area contributed by atoms with Crippen LogP contribution >= 0.6 is 0 Å². The summed E-state index contributed by atoms with van der Waals surface area (Å²) in [7, 11) is 0. The Hall–Kier alpha value is -1.45. The van der Waals surface area contributed by atoms with E-state index < -0.39 is 0 Å². The van der Waals surface area contributed by atoms with E-state index in [0.717, 1.165) is 44.5 Å². The van der Waals surface area contributed by atoms with Crippen molar-refractivity contribution in [2.45, 2.75) is 51.2 Å². The fourth-order valence-electron chi connectivity index (χ4n) is 3.43. The van der Waals surface area contributed by atoms with E-state index in [1.165, 1.54) is 5.56 Å². The van der Waals surface area contributed by atoms with E-state index in [4.69, 9.17) is 9.47 Å². The zero-order chi connectivity index (χ0) is 16.8. The van der Waals surface area contributed by atoms with Gasteiger partial charge >= 0.3 is 0 Å². The van der Waals surface area contributed by atoms with Crippen molar-refractivity contribution in [3.8, 4) is 0 Å². The average Bonchev–Trinajstić information content (AvgIpc) is 2.63. The highest BCUT2D eigenvalue weighted by Gasteiger charge is 2.23. The summed E-state index contributed by atoms with van der Waals surface area (Å²) in [4.78, 5) is 0. The summed E-state index contributed by atoms with van der Waals surface area (Å²) in [5, 5.41) is 0. The number of rotatable bonds is 5. The van der Waals surface area contributed by atoms with Crippen molar-refractivity contribution in [3.05, 3.63) is 59.4 Å². The van der Waals surface area contributed by atoms with Crippen LogP contribution in [-0.2, 0) is 9.47 Å². The van der Waals surface area contributed by atoms with E-state index in [2.05, 4.69) is 36.4 Å². The Morgan fingerprint density at radius 1 is 1.12 bits per heavy atom. The van der Waals surface area contributed by atoms with Gasteiger partial charge in [-0.1, -0.05) is 42.5 Å². The largest absolute Gasteiger partial charge is 0.348 e. The summed E-state index contributed by atoms with van der Waals surface area (Å²) in [5.74, 6) is 0.958. The van der Waals surface area contributed by atoms with Crippen LogP contribution in [0.1, 0.15) is 62.4 Å². The molecule has 1 aromatic rings. The summed E-state index contributed by atoms with van der Waals surface area (Å²) in [6.45, 7) is 3.57. The summed E-state index contributed by atoms with van der Waals surface area (Å²) < 4.78 is 24.9. The van der Waals surface area contributed by atoms with Gasteiger partial charge in [0.25, 0.3) is 0 Å². The van der Waals surface area contributed by atoms with Gasteiger partial charge in [-0.2, -0.15) is 0 Å². The van der Waals surface area contributed by atoms with E-state index in [1.54, 1.807) is 6.08 Å². The molecule has 2 aliphatic rings. The van der Waals surface area contributed by atoms with Crippen molar-refractivity contribution in [3.63, 3.8) is 0 Å². The van der Waals surface area contributed by atoms with Crippen LogP contribution < -0.4 is 0 Å². The molecule has 130 valence electrons. The van der Waals surface area contributed by atoms with Gasteiger partial charge in [0, 0.05) is 11.5 Å². The van der Waals surface area contributed by atoms with Gasteiger partial charge in [0.1, 0.15) is 0 Å². The number of allylic oxidation sites excluding steroid dienone is 4. The predicted octanol–water partition coefficient (Wildman–Crippen LogP) is 5.83. The highest BCUT2D eigenvalue weighted by atomic mass is 19.1. The molecule has 1 heterocycles. The van der Waals surface area contributed by atoms with Crippen molar-refractivity contribution in [2.75, 3.05) is 13.2 Å². The Morgan fingerprint density at radius 3 is 2.46 bits per heavy atom.